The molecule has 2 aromatic rings. The van der Waals surface area contributed by atoms with E-state index in [0.29, 0.717) is 37.0 Å². The number of likely N-dealkylation sites (tertiary alicyclic amines) is 1. The molecule has 126 valence electrons. The van der Waals surface area contributed by atoms with Crippen LogP contribution in [0.2, 0.25) is 0 Å². The molecule has 1 atom stereocenters. The Morgan fingerprint density at radius 1 is 1.29 bits per heavy atom. The number of benzene rings is 1. The molecule has 24 heavy (non-hydrogen) atoms. The summed E-state index contributed by atoms with van der Waals surface area (Å²) in [4.78, 5) is 18.4. The zero-order valence-electron chi connectivity index (χ0n) is 13.6. The van der Waals surface area contributed by atoms with Gasteiger partial charge in [0.1, 0.15) is 11.9 Å². The van der Waals surface area contributed by atoms with Crippen LogP contribution in [0.25, 0.3) is 0 Å². The van der Waals surface area contributed by atoms with Crippen LogP contribution in [-0.4, -0.2) is 41.7 Å². The molecule has 6 heteroatoms. The summed E-state index contributed by atoms with van der Waals surface area (Å²) in [7, 11) is 0. The molecule has 1 aliphatic heterocycles. The second-order valence-electron chi connectivity index (χ2n) is 5.50. The van der Waals surface area contributed by atoms with E-state index in [1.807, 2.05) is 49.4 Å². The second kappa shape index (κ2) is 7.68. The molecule has 1 saturated heterocycles. The Kier molecular flexibility index (Phi) is 5.15. The van der Waals surface area contributed by atoms with Crippen LogP contribution in [0.3, 0.4) is 0 Å². The Bertz CT molecular complexity index is 678. The van der Waals surface area contributed by atoms with E-state index in [-0.39, 0.29) is 12.1 Å². The van der Waals surface area contributed by atoms with Crippen LogP contribution >= 0.6 is 0 Å². The lowest BCUT2D eigenvalue weighted by molar-refractivity contribution is 0.190. The third-order valence-corrected chi connectivity index (χ3v) is 3.79. The Balaban J connectivity index is 1.57. The monoisotopic (exact) mass is 327 g/mol. The first-order valence-corrected chi connectivity index (χ1v) is 8.11. The molecule has 6 nitrogen and oxygen atoms in total. The summed E-state index contributed by atoms with van der Waals surface area (Å²) in [5.41, 5.74) is 0.679. The summed E-state index contributed by atoms with van der Waals surface area (Å²) in [6, 6.07) is 12.8. The molecule has 1 aromatic carbocycles. The molecular weight excluding hydrogens is 306 g/mol. The number of hydrogen-bond acceptors (Lipinski definition) is 4. The van der Waals surface area contributed by atoms with E-state index in [1.165, 1.54) is 0 Å². The van der Waals surface area contributed by atoms with Crippen molar-refractivity contribution >= 4 is 11.7 Å². The first-order valence-electron chi connectivity index (χ1n) is 8.11. The van der Waals surface area contributed by atoms with Crippen LogP contribution in [0.1, 0.15) is 13.3 Å². The molecule has 0 aliphatic carbocycles. The lowest BCUT2D eigenvalue weighted by atomic mass is 10.3. The van der Waals surface area contributed by atoms with E-state index in [4.69, 9.17) is 9.47 Å². The van der Waals surface area contributed by atoms with E-state index in [1.54, 1.807) is 11.1 Å². The van der Waals surface area contributed by atoms with Crippen molar-refractivity contribution in [3.63, 3.8) is 0 Å². The molecule has 1 unspecified atom stereocenters. The van der Waals surface area contributed by atoms with Crippen LogP contribution in [-0.2, 0) is 0 Å². The molecule has 1 N–H and O–H groups in total. The maximum Gasteiger partial charge on any atom is 0.322 e. The van der Waals surface area contributed by atoms with E-state index in [2.05, 4.69) is 10.3 Å². The fourth-order valence-corrected chi connectivity index (χ4v) is 2.64. The van der Waals surface area contributed by atoms with Gasteiger partial charge >= 0.3 is 6.03 Å². The van der Waals surface area contributed by atoms with Crippen LogP contribution in [0.4, 0.5) is 10.5 Å². The van der Waals surface area contributed by atoms with Gasteiger partial charge in [-0.2, -0.15) is 0 Å². The standard InChI is InChI=1S/C18H21N3O3/c1-2-23-16-8-4-3-7-15(16)20-18(22)21-12-10-14(13-21)24-17-9-5-6-11-19-17/h3-9,11,14H,2,10,12-13H2,1H3,(H,20,22). The highest BCUT2D eigenvalue weighted by Gasteiger charge is 2.28. The molecule has 3 rings (SSSR count). The molecular formula is C18H21N3O3. The molecule has 0 radical (unpaired) electrons. The van der Waals surface area contributed by atoms with Gasteiger partial charge in [-0.3, -0.25) is 0 Å². The maximum absolute atomic E-state index is 12.5. The third-order valence-electron chi connectivity index (χ3n) is 3.79. The van der Waals surface area contributed by atoms with Crippen molar-refractivity contribution in [3.8, 4) is 11.6 Å². The normalized spacial score (nSPS) is 16.7. The zero-order chi connectivity index (χ0) is 16.8. The number of hydrogen-bond donors (Lipinski definition) is 1. The van der Waals surface area contributed by atoms with Gasteiger partial charge in [0.05, 0.1) is 18.8 Å². The van der Waals surface area contributed by atoms with Crippen LogP contribution in [0, 0.1) is 0 Å². The molecule has 0 bridgehead atoms. The number of carbonyl (C=O) groups excluding carboxylic acids is 1. The topological polar surface area (TPSA) is 63.7 Å². The predicted octanol–water partition coefficient (Wildman–Crippen LogP) is 3.17. The average Bonchev–Trinajstić information content (AvgIpc) is 3.06. The van der Waals surface area contributed by atoms with Crippen LogP contribution in [0.5, 0.6) is 11.6 Å². The van der Waals surface area contributed by atoms with Gasteiger partial charge in [-0.25, -0.2) is 9.78 Å². The number of carbonyl (C=O) groups is 1. The first kappa shape index (κ1) is 16.1. The Morgan fingerprint density at radius 2 is 2.12 bits per heavy atom. The number of ether oxygens (including phenoxy) is 2. The van der Waals surface area contributed by atoms with E-state index in [0.717, 1.165) is 6.42 Å². The number of urea groups is 1. The Morgan fingerprint density at radius 3 is 2.92 bits per heavy atom. The summed E-state index contributed by atoms with van der Waals surface area (Å²) in [5, 5.41) is 2.91. The minimum absolute atomic E-state index is 0.0345. The van der Waals surface area contributed by atoms with E-state index >= 15 is 0 Å². The van der Waals surface area contributed by atoms with Gasteiger partial charge in [0.15, 0.2) is 0 Å². The van der Waals surface area contributed by atoms with Gasteiger partial charge in [0.2, 0.25) is 5.88 Å². The number of para-hydroxylation sites is 2. The highest BCUT2D eigenvalue weighted by Crippen LogP contribution is 2.25. The van der Waals surface area contributed by atoms with Gasteiger partial charge in [0.25, 0.3) is 0 Å². The molecule has 0 saturated carbocycles. The Labute approximate surface area is 141 Å². The molecule has 1 fully saturated rings. The highest BCUT2D eigenvalue weighted by molar-refractivity contribution is 5.91. The summed E-state index contributed by atoms with van der Waals surface area (Å²) in [5.74, 6) is 1.26. The summed E-state index contributed by atoms with van der Waals surface area (Å²) in [6.45, 7) is 3.66. The zero-order valence-corrected chi connectivity index (χ0v) is 13.6. The van der Waals surface area contributed by atoms with E-state index < -0.39 is 0 Å². The minimum atomic E-state index is -0.144. The fraction of sp³-hybridized carbons (Fsp3) is 0.333. The van der Waals surface area contributed by atoms with Crippen LogP contribution < -0.4 is 14.8 Å². The lowest BCUT2D eigenvalue weighted by Gasteiger charge is -2.19. The average molecular weight is 327 g/mol. The maximum atomic E-state index is 12.5. The highest BCUT2D eigenvalue weighted by atomic mass is 16.5. The predicted molar refractivity (Wildman–Crippen MR) is 91.5 cm³/mol. The molecule has 2 amide bonds. The largest absolute Gasteiger partial charge is 0.492 e. The summed E-state index contributed by atoms with van der Waals surface area (Å²) >= 11 is 0. The van der Waals surface area contributed by atoms with Crippen molar-refractivity contribution in [2.45, 2.75) is 19.4 Å². The van der Waals surface area contributed by atoms with Gasteiger partial charge in [-0.15, -0.1) is 0 Å². The number of nitrogens with zero attached hydrogens (tertiary/aromatic N) is 2. The molecule has 1 aliphatic rings. The van der Waals surface area contributed by atoms with E-state index in [9.17, 15) is 4.79 Å². The Hall–Kier alpha value is -2.76. The minimum Gasteiger partial charge on any atom is -0.492 e. The lowest BCUT2D eigenvalue weighted by Crippen LogP contribution is -2.34. The number of aromatic nitrogens is 1. The molecule has 0 spiro atoms. The number of rotatable bonds is 5. The quantitative estimate of drug-likeness (QED) is 0.916. The second-order valence-corrected chi connectivity index (χ2v) is 5.50. The summed E-state index contributed by atoms with van der Waals surface area (Å²) in [6.07, 6.45) is 2.45. The third kappa shape index (κ3) is 3.95. The molecule has 1 aromatic heterocycles. The van der Waals surface area contributed by atoms with Crippen molar-refractivity contribution in [1.29, 1.82) is 0 Å². The fourth-order valence-electron chi connectivity index (χ4n) is 2.64. The summed E-state index contributed by atoms with van der Waals surface area (Å²) < 4.78 is 11.3. The molecule has 2 heterocycles. The number of anilines is 1. The van der Waals surface area contributed by atoms with Gasteiger partial charge < -0.3 is 19.7 Å². The van der Waals surface area contributed by atoms with Crippen molar-refractivity contribution in [3.05, 3.63) is 48.7 Å². The first-order chi connectivity index (χ1) is 11.8. The van der Waals surface area contributed by atoms with Gasteiger partial charge in [-0.1, -0.05) is 18.2 Å². The van der Waals surface area contributed by atoms with Crippen molar-refractivity contribution < 1.29 is 14.3 Å². The van der Waals surface area contributed by atoms with Crippen molar-refractivity contribution in [2.24, 2.45) is 0 Å². The smallest absolute Gasteiger partial charge is 0.322 e. The number of pyridine rings is 1. The van der Waals surface area contributed by atoms with Gasteiger partial charge in [0, 0.05) is 25.2 Å². The SMILES string of the molecule is CCOc1ccccc1NC(=O)N1CCC(Oc2ccccn2)C1. The van der Waals surface area contributed by atoms with Gasteiger partial charge in [-0.05, 0) is 25.1 Å². The van der Waals surface area contributed by atoms with Crippen molar-refractivity contribution in [2.75, 3.05) is 25.0 Å². The number of nitrogens with one attached hydrogen (secondary N) is 1. The van der Waals surface area contributed by atoms with Crippen LogP contribution in [0.15, 0.2) is 48.7 Å². The van der Waals surface area contributed by atoms with Crippen molar-refractivity contribution in [1.82, 2.24) is 9.88 Å². The number of amides is 2.